The van der Waals surface area contributed by atoms with E-state index in [-0.39, 0.29) is 0 Å². The first kappa shape index (κ1) is 13.6. The normalized spacial score (nSPS) is 19.8. The van der Waals surface area contributed by atoms with Gasteiger partial charge in [0.2, 0.25) is 0 Å². The Morgan fingerprint density at radius 2 is 2.30 bits per heavy atom. The predicted octanol–water partition coefficient (Wildman–Crippen LogP) is 3.05. The van der Waals surface area contributed by atoms with Crippen molar-refractivity contribution in [3.63, 3.8) is 0 Å². The molecule has 0 bridgehead atoms. The van der Waals surface area contributed by atoms with Gasteiger partial charge in [0, 0.05) is 19.2 Å². The highest BCUT2D eigenvalue weighted by atomic mass is 32.1. The Hall–Kier alpha value is -1.33. The van der Waals surface area contributed by atoms with E-state index >= 15 is 0 Å². The molecule has 1 N–H and O–H groups in total. The second-order valence-electron chi connectivity index (χ2n) is 5.47. The largest absolute Gasteiger partial charge is 0.497 e. The third kappa shape index (κ3) is 2.47. The maximum Gasteiger partial charge on any atom is 0.178 e. The minimum absolute atomic E-state index is 0.697. The third-order valence-corrected chi connectivity index (χ3v) is 4.56. The molecule has 0 spiro atoms. The molecule has 1 saturated heterocycles. The molecule has 1 fully saturated rings. The molecule has 2 aromatic rings. The van der Waals surface area contributed by atoms with Crippen LogP contribution in [0.4, 0.5) is 0 Å². The number of benzene rings is 1. The number of hydrogen-bond donors (Lipinski definition) is 1. The average molecular weight is 291 g/mol. The van der Waals surface area contributed by atoms with Crippen LogP contribution in [0.5, 0.6) is 5.75 Å². The van der Waals surface area contributed by atoms with Crippen molar-refractivity contribution in [2.45, 2.75) is 19.9 Å². The van der Waals surface area contributed by atoms with Gasteiger partial charge in [0.05, 0.1) is 18.1 Å². The lowest BCUT2D eigenvalue weighted by Gasteiger charge is -2.14. The Bertz CT molecular complexity index is 661. The first-order valence-electron chi connectivity index (χ1n) is 7.20. The van der Waals surface area contributed by atoms with Gasteiger partial charge >= 0.3 is 0 Å². The molecule has 0 aliphatic carbocycles. The fraction of sp³-hybridized carbons (Fsp3) is 0.533. The number of likely N-dealkylation sites (tertiary alicyclic amines) is 1. The minimum Gasteiger partial charge on any atom is -0.497 e. The predicted molar refractivity (Wildman–Crippen MR) is 83.9 cm³/mol. The van der Waals surface area contributed by atoms with E-state index in [1.54, 1.807) is 7.11 Å². The lowest BCUT2D eigenvalue weighted by Crippen LogP contribution is -2.21. The zero-order chi connectivity index (χ0) is 14.1. The zero-order valence-corrected chi connectivity index (χ0v) is 12.9. The van der Waals surface area contributed by atoms with Gasteiger partial charge < -0.3 is 19.2 Å². The van der Waals surface area contributed by atoms with E-state index in [1.165, 1.54) is 25.0 Å². The van der Waals surface area contributed by atoms with E-state index in [0.717, 1.165) is 29.1 Å². The Kier molecular flexibility index (Phi) is 3.81. The third-order valence-electron chi connectivity index (χ3n) is 4.24. The van der Waals surface area contributed by atoms with Crippen molar-refractivity contribution in [1.82, 2.24) is 14.5 Å². The van der Waals surface area contributed by atoms with Crippen LogP contribution in [0.2, 0.25) is 0 Å². The van der Waals surface area contributed by atoms with E-state index in [1.807, 2.05) is 12.1 Å². The molecule has 1 atom stereocenters. The van der Waals surface area contributed by atoms with Gasteiger partial charge in [-0.05, 0) is 49.8 Å². The molecule has 0 radical (unpaired) electrons. The Morgan fingerprint density at radius 1 is 1.45 bits per heavy atom. The van der Waals surface area contributed by atoms with Crippen molar-refractivity contribution in [2.75, 3.05) is 26.7 Å². The quantitative estimate of drug-likeness (QED) is 0.879. The van der Waals surface area contributed by atoms with Gasteiger partial charge in [-0.2, -0.15) is 0 Å². The van der Waals surface area contributed by atoms with Gasteiger partial charge in [-0.15, -0.1) is 0 Å². The van der Waals surface area contributed by atoms with E-state index in [9.17, 15) is 0 Å². The van der Waals surface area contributed by atoms with Crippen molar-refractivity contribution in [2.24, 2.45) is 5.92 Å². The van der Waals surface area contributed by atoms with Crippen molar-refractivity contribution in [3.05, 3.63) is 23.0 Å². The molecular formula is C15H21N3OS. The van der Waals surface area contributed by atoms with Crippen LogP contribution in [0.25, 0.3) is 11.0 Å². The van der Waals surface area contributed by atoms with Crippen LogP contribution in [0.3, 0.4) is 0 Å². The zero-order valence-electron chi connectivity index (χ0n) is 12.1. The van der Waals surface area contributed by atoms with Gasteiger partial charge in [-0.25, -0.2) is 0 Å². The van der Waals surface area contributed by atoms with Crippen LogP contribution < -0.4 is 4.74 Å². The Morgan fingerprint density at radius 3 is 3.00 bits per heavy atom. The van der Waals surface area contributed by atoms with Gasteiger partial charge in [-0.3, -0.25) is 0 Å². The molecule has 1 aliphatic rings. The van der Waals surface area contributed by atoms with Gasteiger partial charge in [0.25, 0.3) is 0 Å². The monoisotopic (exact) mass is 291 g/mol. The number of fused-ring (bicyclic) bond motifs is 1. The first-order chi connectivity index (χ1) is 9.71. The molecule has 1 aliphatic heterocycles. The van der Waals surface area contributed by atoms with E-state index in [4.69, 9.17) is 17.0 Å². The maximum atomic E-state index is 5.48. The standard InChI is InChI=1S/C15H21N3OS/c1-3-17-7-6-11(9-17)10-18-14-5-4-12(19-2)8-13(14)16-15(18)20/h4-5,8,11H,3,6-7,9-10H2,1-2H3,(H,16,20). The van der Waals surface area contributed by atoms with Crippen molar-refractivity contribution in [1.29, 1.82) is 0 Å². The number of methoxy groups -OCH3 is 1. The van der Waals surface area contributed by atoms with Crippen LogP contribution in [0, 0.1) is 10.7 Å². The molecule has 3 rings (SSSR count). The number of hydrogen-bond acceptors (Lipinski definition) is 3. The Labute approximate surface area is 124 Å². The molecule has 2 heterocycles. The van der Waals surface area contributed by atoms with E-state index < -0.39 is 0 Å². The SMILES string of the molecule is CCN1CCC(Cn2c(=S)[nH]c3cc(OC)ccc32)C1. The lowest BCUT2D eigenvalue weighted by atomic mass is 10.1. The molecule has 1 unspecified atom stereocenters. The molecular weight excluding hydrogens is 270 g/mol. The summed E-state index contributed by atoms with van der Waals surface area (Å²) in [6.07, 6.45) is 1.26. The smallest absolute Gasteiger partial charge is 0.178 e. The fourth-order valence-electron chi connectivity index (χ4n) is 3.06. The van der Waals surface area contributed by atoms with E-state index in [2.05, 4.69) is 27.4 Å². The summed E-state index contributed by atoms with van der Waals surface area (Å²) in [6.45, 7) is 6.77. The first-order valence-corrected chi connectivity index (χ1v) is 7.61. The number of nitrogens with one attached hydrogen (secondary N) is 1. The summed E-state index contributed by atoms with van der Waals surface area (Å²) in [5.74, 6) is 1.56. The molecule has 4 nitrogen and oxygen atoms in total. The van der Waals surface area contributed by atoms with E-state index in [0.29, 0.717) is 5.92 Å². The highest BCUT2D eigenvalue weighted by Gasteiger charge is 2.22. The lowest BCUT2D eigenvalue weighted by molar-refractivity contribution is 0.333. The van der Waals surface area contributed by atoms with Gasteiger partial charge in [0.15, 0.2) is 4.77 Å². The minimum atomic E-state index is 0.697. The molecule has 0 saturated carbocycles. The number of ether oxygens (including phenoxy) is 1. The molecule has 108 valence electrons. The van der Waals surface area contributed by atoms with Crippen molar-refractivity contribution >= 4 is 23.3 Å². The number of rotatable bonds is 4. The summed E-state index contributed by atoms with van der Waals surface area (Å²) in [4.78, 5) is 5.79. The summed E-state index contributed by atoms with van der Waals surface area (Å²) in [6, 6.07) is 6.09. The highest BCUT2D eigenvalue weighted by molar-refractivity contribution is 7.71. The van der Waals surface area contributed by atoms with Crippen LogP contribution in [0.1, 0.15) is 13.3 Å². The Balaban J connectivity index is 1.88. The summed E-state index contributed by atoms with van der Waals surface area (Å²) in [5, 5.41) is 0. The van der Waals surface area contributed by atoms with Gasteiger partial charge in [-0.1, -0.05) is 6.92 Å². The molecule has 1 aromatic heterocycles. The maximum absolute atomic E-state index is 5.48. The second kappa shape index (κ2) is 5.58. The van der Waals surface area contributed by atoms with Crippen LogP contribution in [-0.4, -0.2) is 41.2 Å². The number of nitrogens with zero attached hydrogens (tertiary/aromatic N) is 2. The molecule has 5 heteroatoms. The van der Waals surface area contributed by atoms with Crippen LogP contribution in [-0.2, 0) is 6.54 Å². The second-order valence-corrected chi connectivity index (χ2v) is 5.86. The van der Waals surface area contributed by atoms with Crippen molar-refractivity contribution in [3.8, 4) is 5.75 Å². The molecule has 1 aromatic carbocycles. The summed E-state index contributed by atoms with van der Waals surface area (Å²) in [5.41, 5.74) is 2.23. The van der Waals surface area contributed by atoms with Crippen LogP contribution >= 0.6 is 12.2 Å². The number of aromatic nitrogens is 2. The van der Waals surface area contributed by atoms with Crippen LogP contribution in [0.15, 0.2) is 18.2 Å². The summed E-state index contributed by atoms with van der Waals surface area (Å²) < 4.78 is 8.30. The number of H-pyrrole nitrogens is 1. The molecule has 20 heavy (non-hydrogen) atoms. The number of aromatic amines is 1. The molecule has 0 amide bonds. The topological polar surface area (TPSA) is 33.2 Å². The van der Waals surface area contributed by atoms with Crippen molar-refractivity contribution < 1.29 is 4.74 Å². The van der Waals surface area contributed by atoms with Gasteiger partial charge in [0.1, 0.15) is 5.75 Å². The highest BCUT2D eigenvalue weighted by Crippen LogP contribution is 2.24. The summed E-state index contributed by atoms with van der Waals surface area (Å²) >= 11 is 5.48. The summed E-state index contributed by atoms with van der Waals surface area (Å²) in [7, 11) is 1.69. The number of imidazole rings is 1. The fourth-order valence-corrected chi connectivity index (χ4v) is 3.34. The average Bonchev–Trinajstić information content (AvgIpc) is 3.04.